The molecule has 4 rings (SSSR count). The van der Waals surface area contributed by atoms with E-state index in [0.717, 1.165) is 5.56 Å². The largest absolute Gasteiger partial charge is 0.507 e. The number of hydrogen-bond acceptors (Lipinski definition) is 5. The Balaban J connectivity index is 1.81. The van der Waals surface area contributed by atoms with Gasteiger partial charge < -0.3 is 19.9 Å². The van der Waals surface area contributed by atoms with Gasteiger partial charge in [0.05, 0.1) is 11.6 Å². The second kappa shape index (κ2) is 5.66. The monoisotopic (exact) mass is 337 g/mol. The molecule has 0 aliphatic carbocycles. The Bertz CT molecular complexity index is 914. The predicted octanol–water partition coefficient (Wildman–Crippen LogP) is 2.43. The number of carbonyl (C=O) groups excluding carboxylic acids is 2. The summed E-state index contributed by atoms with van der Waals surface area (Å²) in [4.78, 5) is 24.2. The number of rotatable bonds is 2. The van der Waals surface area contributed by atoms with E-state index in [9.17, 15) is 14.7 Å². The van der Waals surface area contributed by atoms with Crippen LogP contribution in [0.3, 0.4) is 0 Å². The van der Waals surface area contributed by atoms with E-state index in [4.69, 9.17) is 9.47 Å². The van der Waals surface area contributed by atoms with Gasteiger partial charge >= 0.3 is 0 Å². The first-order valence-electron chi connectivity index (χ1n) is 7.79. The van der Waals surface area contributed by atoms with Gasteiger partial charge in [-0.2, -0.15) is 0 Å². The van der Waals surface area contributed by atoms with Crippen LogP contribution in [0.5, 0.6) is 11.5 Å². The fraction of sp³-hybridized carbons (Fsp3) is 0.158. The molecule has 25 heavy (non-hydrogen) atoms. The van der Waals surface area contributed by atoms with Gasteiger partial charge in [-0.1, -0.05) is 35.9 Å². The zero-order valence-corrected chi connectivity index (χ0v) is 13.4. The zero-order chi connectivity index (χ0) is 17.6. The second-order valence-electron chi connectivity index (χ2n) is 5.98. The van der Waals surface area contributed by atoms with Crippen molar-refractivity contribution >= 4 is 17.4 Å². The third-order valence-corrected chi connectivity index (χ3v) is 4.33. The lowest BCUT2D eigenvalue weighted by atomic mass is 9.95. The average molecular weight is 337 g/mol. The number of amides is 1. The highest BCUT2D eigenvalue weighted by Crippen LogP contribution is 2.38. The van der Waals surface area contributed by atoms with Gasteiger partial charge in [-0.15, -0.1) is 0 Å². The Morgan fingerprint density at radius 2 is 1.80 bits per heavy atom. The fourth-order valence-electron chi connectivity index (χ4n) is 2.98. The van der Waals surface area contributed by atoms with Crippen LogP contribution in [-0.2, 0) is 9.59 Å². The first-order valence-corrected chi connectivity index (χ1v) is 7.79. The first-order chi connectivity index (χ1) is 12.0. The minimum Gasteiger partial charge on any atom is -0.507 e. The molecule has 0 saturated carbocycles. The number of aliphatic hydroxyl groups excluding tert-OH is 1. The van der Waals surface area contributed by atoms with Gasteiger partial charge in [0.15, 0.2) is 11.5 Å². The van der Waals surface area contributed by atoms with E-state index in [1.807, 2.05) is 19.1 Å². The van der Waals surface area contributed by atoms with E-state index in [-0.39, 0.29) is 18.1 Å². The van der Waals surface area contributed by atoms with E-state index in [0.29, 0.717) is 22.6 Å². The number of benzene rings is 2. The van der Waals surface area contributed by atoms with Crippen molar-refractivity contribution < 1.29 is 24.2 Å². The van der Waals surface area contributed by atoms with E-state index in [1.165, 1.54) is 0 Å². The molecule has 6 nitrogen and oxygen atoms in total. The standard InChI is InChI=1S/C19H15NO5/c1-10-2-4-11(5-3-10)17(21)15-16(20-19(23)18(15)22)12-6-7-13-14(8-12)25-9-24-13/h2-8,16,21H,9H2,1H3,(H,20,23)/b17-15-. The molecular formula is C19H15NO5. The smallest absolute Gasteiger partial charge is 0.293 e. The van der Waals surface area contributed by atoms with E-state index >= 15 is 0 Å². The molecule has 0 spiro atoms. The summed E-state index contributed by atoms with van der Waals surface area (Å²) in [5.74, 6) is -0.531. The maximum atomic E-state index is 12.3. The lowest BCUT2D eigenvalue weighted by Crippen LogP contribution is -2.21. The van der Waals surface area contributed by atoms with Crippen molar-refractivity contribution in [2.45, 2.75) is 13.0 Å². The van der Waals surface area contributed by atoms with Crippen molar-refractivity contribution in [2.75, 3.05) is 6.79 Å². The number of ether oxygens (including phenoxy) is 2. The van der Waals surface area contributed by atoms with Crippen LogP contribution in [0.4, 0.5) is 0 Å². The molecule has 1 saturated heterocycles. The average Bonchev–Trinajstić information content (AvgIpc) is 3.19. The van der Waals surface area contributed by atoms with Gasteiger partial charge in [-0.3, -0.25) is 9.59 Å². The Labute approximate surface area is 143 Å². The number of aryl methyl sites for hydroxylation is 1. The summed E-state index contributed by atoms with van der Waals surface area (Å²) in [5.41, 5.74) is 2.18. The highest BCUT2D eigenvalue weighted by atomic mass is 16.7. The van der Waals surface area contributed by atoms with Crippen LogP contribution in [-0.4, -0.2) is 23.6 Å². The van der Waals surface area contributed by atoms with Gasteiger partial charge in [0, 0.05) is 5.56 Å². The highest BCUT2D eigenvalue weighted by molar-refractivity contribution is 6.46. The molecule has 1 atom stereocenters. The molecule has 2 aromatic carbocycles. The number of Topliss-reactive ketones (excluding diaryl/α,β-unsaturated/α-hetero) is 1. The molecule has 0 radical (unpaired) electrons. The van der Waals surface area contributed by atoms with E-state index in [2.05, 4.69) is 5.32 Å². The Kier molecular flexibility index (Phi) is 3.46. The summed E-state index contributed by atoms with van der Waals surface area (Å²) in [5, 5.41) is 13.3. The number of fused-ring (bicyclic) bond motifs is 1. The Morgan fingerprint density at radius 3 is 2.56 bits per heavy atom. The van der Waals surface area contributed by atoms with E-state index < -0.39 is 17.7 Å². The maximum Gasteiger partial charge on any atom is 0.293 e. The van der Waals surface area contributed by atoms with Crippen molar-refractivity contribution in [3.8, 4) is 11.5 Å². The molecule has 6 heteroatoms. The summed E-state index contributed by atoms with van der Waals surface area (Å²) >= 11 is 0. The summed E-state index contributed by atoms with van der Waals surface area (Å²) in [6, 6.07) is 11.5. The molecule has 126 valence electrons. The van der Waals surface area contributed by atoms with Crippen LogP contribution < -0.4 is 14.8 Å². The summed E-state index contributed by atoms with van der Waals surface area (Å²) in [6.07, 6.45) is 0. The van der Waals surface area contributed by atoms with Crippen molar-refractivity contribution in [3.63, 3.8) is 0 Å². The predicted molar refractivity (Wildman–Crippen MR) is 89.2 cm³/mol. The summed E-state index contributed by atoms with van der Waals surface area (Å²) < 4.78 is 10.6. The minimum atomic E-state index is -0.740. The number of nitrogens with one attached hydrogen (secondary N) is 1. The normalized spacial score (nSPS) is 20.6. The van der Waals surface area contributed by atoms with Crippen molar-refractivity contribution in [1.82, 2.24) is 5.32 Å². The van der Waals surface area contributed by atoms with Gasteiger partial charge in [0.25, 0.3) is 11.7 Å². The molecule has 0 aromatic heterocycles. The third-order valence-electron chi connectivity index (χ3n) is 4.33. The SMILES string of the molecule is Cc1ccc(/C(O)=C2/C(=O)C(=O)NC2c2ccc3c(c2)OCO3)cc1. The zero-order valence-electron chi connectivity index (χ0n) is 13.4. The topological polar surface area (TPSA) is 84.9 Å². The van der Waals surface area contributed by atoms with Gasteiger partial charge in [0.1, 0.15) is 5.76 Å². The summed E-state index contributed by atoms with van der Waals surface area (Å²) in [7, 11) is 0. The molecule has 2 aliphatic rings. The van der Waals surface area contributed by atoms with Crippen LogP contribution in [0.25, 0.3) is 5.76 Å². The molecule has 1 fully saturated rings. The van der Waals surface area contributed by atoms with Crippen molar-refractivity contribution in [3.05, 3.63) is 64.7 Å². The molecule has 0 bridgehead atoms. The van der Waals surface area contributed by atoms with Crippen molar-refractivity contribution in [2.24, 2.45) is 0 Å². The molecule has 1 amide bonds. The number of hydrogen-bond donors (Lipinski definition) is 2. The first kappa shape index (κ1) is 15.3. The lowest BCUT2D eigenvalue weighted by molar-refractivity contribution is -0.133. The number of aliphatic hydroxyl groups is 1. The van der Waals surface area contributed by atoms with Crippen LogP contribution in [0.15, 0.2) is 48.0 Å². The van der Waals surface area contributed by atoms with Crippen LogP contribution in [0, 0.1) is 6.92 Å². The highest BCUT2D eigenvalue weighted by Gasteiger charge is 2.40. The number of ketones is 1. The van der Waals surface area contributed by atoms with Crippen molar-refractivity contribution in [1.29, 1.82) is 0 Å². The van der Waals surface area contributed by atoms with Crippen LogP contribution in [0.2, 0.25) is 0 Å². The molecule has 2 heterocycles. The van der Waals surface area contributed by atoms with Crippen LogP contribution in [0.1, 0.15) is 22.7 Å². The third kappa shape index (κ3) is 2.52. The molecule has 2 aromatic rings. The Hall–Kier alpha value is -3.28. The maximum absolute atomic E-state index is 12.3. The quantitative estimate of drug-likeness (QED) is 0.499. The van der Waals surface area contributed by atoms with Gasteiger partial charge in [0.2, 0.25) is 6.79 Å². The molecule has 2 aliphatic heterocycles. The fourth-order valence-corrected chi connectivity index (χ4v) is 2.98. The minimum absolute atomic E-state index is 0.0349. The Morgan fingerprint density at radius 1 is 1.08 bits per heavy atom. The summed E-state index contributed by atoms with van der Waals surface area (Å²) in [6.45, 7) is 2.06. The second-order valence-corrected chi connectivity index (χ2v) is 5.98. The van der Waals surface area contributed by atoms with Crippen LogP contribution >= 0.6 is 0 Å². The lowest BCUT2D eigenvalue weighted by Gasteiger charge is -2.14. The van der Waals surface area contributed by atoms with Gasteiger partial charge in [-0.25, -0.2) is 0 Å². The molecule has 2 N–H and O–H groups in total. The number of carbonyl (C=O) groups is 2. The molecular weight excluding hydrogens is 322 g/mol. The molecule has 1 unspecified atom stereocenters. The van der Waals surface area contributed by atoms with Gasteiger partial charge in [-0.05, 0) is 24.6 Å². The van der Waals surface area contributed by atoms with E-state index in [1.54, 1.807) is 30.3 Å².